The van der Waals surface area contributed by atoms with Crippen molar-refractivity contribution in [3.63, 3.8) is 0 Å². The number of carbonyl (C=O) groups excluding carboxylic acids is 1. The van der Waals surface area contributed by atoms with Crippen molar-refractivity contribution in [2.75, 3.05) is 20.3 Å². The number of likely N-dealkylation sites (N-methyl/N-ethyl adjacent to an activating group) is 1. The summed E-state index contributed by atoms with van der Waals surface area (Å²) in [6, 6.07) is 10.2. The van der Waals surface area contributed by atoms with E-state index in [4.69, 9.17) is 0 Å². The Kier molecular flexibility index (Phi) is 5.06. The van der Waals surface area contributed by atoms with Gasteiger partial charge >= 0.3 is 0 Å². The lowest BCUT2D eigenvalue weighted by Crippen LogP contribution is -2.46. The molecule has 0 radical (unpaired) electrons. The normalized spacial score (nSPS) is 16.5. The second-order valence-electron chi connectivity index (χ2n) is 6.88. The number of benzene rings is 1. The first-order chi connectivity index (χ1) is 14.5. The number of amides is 1. The van der Waals surface area contributed by atoms with E-state index >= 15 is 0 Å². The molecule has 152 valence electrons. The van der Waals surface area contributed by atoms with Gasteiger partial charge in [0, 0.05) is 19.8 Å². The molecule has 0 fully saturated rings. The summed E-state index contributed by atoms with van der Waals surface area (Å²) in [6.07, 6.45) is 2.71. The summed E-state index contributed by atoms with van der Waals surface area (Å²) < 4.78 is 15.5. The number of alkyl halides is 1. The summed E-state index contributed by atoms with van der Waals surface area (Å²) in [5.74, 6) is 3.88. The summed E-state index contributed by atoms with van der Waals surface area (Å²) in [7, 11) is 1.60. The number of aromatic hydroxyl groups is 1. The fourth-order valence-corrected chi connectivity index (χ4v) is 3.65. The Balaban J connectivity index is 1.90. The van der Waals surface area contributed by atoms with Crippen LogP contribution in [-0.4, -0.2) is 55.7 Å². The molecule has 4 rings (SSSR count). The number of hydrogen-bond donors (Lipinski definition) is 1. The van der Waals surface area contributed by atoms with Crippen molar-refractivity contribution in [2.45, 2.75) is 12.1 Å². The van der Waals surface area contributed by atoms with Crippen molar-refractivity contribution in [1.29, 1.82) is 0 Å². The lowest BCUT2D eigenvalue weighted by Gasteiger charge is -2.37. The molecular weight excluding hydrogens is 389 g/mol. The second-order valence-corrected chi connectivity index (χ2v) is 6.88. The first kappa shape index (κ1) is 19.4. The standard InChI is InChI=1S/C21H18FN5O3/c1-25-13-16(27-19(21(25)30)20(29)17(28)12-23-27)18(14-6-3-2-4-7-14)26-11-9-15(24-26)8-5-10-22/h2-4,6-7,9,11-12,16,18,29H,10,13H2,1H3. The van der Waals surface area contributed by atoms with Crippen molar-refractivity contribution < 1.29 is 14.3 Å². The van der Waals surface area contributed by atoms with Gasteiger partial charge in [-0.2, -0.15) is 10.2 Å². The third-order valence-electron chi connectivity index (χ3n) is 4.99. The molecule has 0 bridgehead atoms. The molecule has 0 saturated heterocycles. The van der Waals surface area contributed by atoms with Crippen LogP contribution < -0.4 is 5.43 Å². The average molecular weight is 407 g/mol. The zero-order valence-electron chi connectivity index (χ0n) is 16.1. The van der Waals surface area contributed by atoms with Crippen molar-refractivity contribution in [3.8, 4) is 17.6 Å². The molecule has 1 N–H and O–H groups in total. The molecule has 2 aromatic heterocycles. The highest BCUT2D eigenvalue weighted by Gasteiger charge is 2.38. The monoisotopic (exact) mass is 407 g/mol. The van der Waals surface area contributed by atoms with Crippen molar-refractivity contribution in [1.82, 2.24) is 24.5 Å². The average Bonchev–Trinajstić information content (AvgIpc) is 3.21. The van der Waals surface area contributed by atoms with E-state index < -0.39 is 35.8 Å². The highest BCUT2D eigenvalue weighted by Crippen LogP contribution is 2.35. The van der Waals surface area contributed by atoms with E-state index in [2.05, 4.69) is 22.0 Å². The molecule has 1 aliphatic rings. The predicted octanol–water partition coefficient (Wildman–Crippen LogP) is 1.38. The van der Waals surface area contributed by atoms with Gasteiger partial charge in [-0.3, -0.25) is 14.3 Å². The molecule has 0 saturated carbocycles. The number of hydrogen-bond acceptors (Lipinski definition) is 5. The molecule has 8 nitrogen and oxygen atoms in total. The van der Waals surface area contributed by atoms with Gasteiger partial charge in [0.1, 0.15) is 11.7 Å². The molecule has 3 aromatic rings. The van der Waals surface area contributed by atoms with Crippen LogP contribution in [0, 0.1) is 11.8 Å². The van der Waals surface area contributed by atoms with Gasteiger partial charge < -0.3 is 10.0 Å². The lowest BCUT2D eigenvalue weighted by atomic mass is 9.97. The van der Waals surface area contributed by atoms with Gasteiger partial charge in [0.25, 0.3) is 5.91 Å². The summed E-state index contributed by atoms with van der Waals surface area (Å²) in [4.78, 5) is 26.0. The van der Waals surface area contributed by atoms with E-state index in [1.54, 1.807) is 24.0 Å². The number of halogens is 1. The molecule has 3 heterocycles. The molecule has 0 aliphatic carbocycles. The molecular formula is C21H18FN5O3. The zero-order valence-corrected chi connectivity index (χ0v) is 16.1. The predicted molar refractivity (Wildman–Crippen MR) is 106 cm³/mol. The van der Waals surface area contributed by atoms with Gasteiger partial charge in [0.2, 0.25) is 5.43 Å². The van der Waals surface area contributed by atoms with E-state index in [-0.39, 0.29) is 12.2 Å². The number of carbonyl (C=O) groups is 1. The Hall–Kier alpha value is -3.93. The van der Waals surface area contributed by atoms with Gasteiger partial charge in [-0.05, 0) is 17.6 Å². The van der Waals surface area contributed by atoms with E-state index in [1.165, 1.54) is 9.58 Å². The Morgan fingerprint density at radius 3 is 2.77 bits per heavy atom. The van der Waals surface area contributed by atoms with Crippen LogP contribution in [0.3, 0.4) is 0 Å². The van der Waals surface area contributed by atoms with Crippen LogP contribution in [0.5, 0.6) is 5.75 Å². The topological polar surface area (TPSA) is 93.2 Å². The van der Waals surface area contributed by atoms with Crippen molar-refractivity contribution >= 4 is 5.91 Å². The molecule has 30 heavy (non-hydrogen) atoms. The van der Waals surface area contributed by atoms with E-state index in [1.807, 2.05) is 30.3 Å². The first-order valence-electron chi connectivity index (χ1n) is 9.22. The molecule has 2 unspecified atom stereocenters. The zero-order chi connectivity index (χ0) is 21.3. The SMILES string of the molecule is CN1CC(C(c2ccccc2)n2ccc(C#CCF)n2)n2ncc(=O)c(O)c2C1=O. The maximum absolute atomic E-state index is 12.6. The van der Waals surface area contributed by atoms with E-state index in [9.17, 15) is 19.1 Å². The molecule has 9 heteroatoms. The summed E-state index contributed by atoms with van der Waals surface area (Å²) in [6.45, 7) is -0.499. The van der Waals surface area contributed by atoms with Crippen LogP contribution in [0.2, 0.25) is 0 Å². The first-order valence-corrected chi connectivity index (χ1v) is 9.22. The smallest absolute Gasteiger partial charge is 0.275 e. The number of aromatic nitrogens is 4. The van der Waals surface area contributed by atoms with Gasteiger partial charge in [-0.25, -0.2) is 9.07 Å². The molecule has 1 aliphatic heterocycles. The Morgan fingerprint density at radius 1 is 1.27 bits per heavy atom. The highest BCUT2D eigenvalue weighted by atomic mass is 19.1. The van der Waals surface area contributed by atoms with Gasteiger partial charge in [0.15, 0.2) is 18.1 Å². The number of nitrogens with zero attached hydrogens (tertiary/aromatic N) is 5. The summed E-state index contributed by atoms with van der Waals surface area (Å²) >= 11 is 0. The highest BCUT2D eigenvalue weighted by molar-refractivity contribution is 5.95. The summed E-state index contributed by atoms with van der Waals surface area (Å²) in [5, 5.41) is 18.9. The van der Waals surface area contributed by atoms with Crippen LogP contribution >= 0.6 is 0 Å². The van der Waals surface area contributed by atoms with Gasteiger partial charge in [-0.1, -0.05) is 36.3 Å². The Labute approximate surface area is 171 Å². The Bertz CT molecular complexity index is 1210. The van der Waals surface area contributed by atoms with Gasteiger partial charge in [-0.15, -0.1) is 0 Å². The minimum Gasteiger partial charge on any atom is -0.502 e. The molecule has 1 aromatic carbocycles. The maximum Gasteiger partial charge on any atom is 0.275 e. The largest absolute Gasteiger partial charge is 0.502 e. The van der Waals surface area contributed by atoms with Crippen LogP contribution in [0.4, 0.5) is 4.39 Å². The number of fused-ring (bicyclic) bond motifs is 1. The number of rotatable bonds is 3. The third kappa shape index (κ3) is 3.33. The van der Waals surface area contributed by atoms with Crippen LogP contribution in [0.25, 0.3) is 0 Å². The minimum atomic E-state index is -0.769. The quantitative estimate of drug-likeness (QED) is 0.663. The van der Waals surface area contributed by atoms with E-state index in [0.29, 0.717) is 5.69 Å². The molecule has 1 amide bonds. The maximum atomic E-state index is 12.6. The molecule has 0 spiro atoms. The second kappa shape index (κ2) is 7.83. The lowest BCUT2D eigenvalue weighted by molar-refractivity contribution is 0.0667. The van der Waals surface area contributed by atoms with Crippen LogP contribution in [0.15, 0.2) is 53.6 Å². The minimum absolute atomic E-state index is 0.160. The van der Waals surface area contributed by atoms with Gasteiger partial charge in [0.05, 0.1) is 12.2 Å². The van der Waals surface area contributed by atoms with Crippen LogP contribution in [-0.2, 0) is 0 Å². The summed E-state index contributed by atoms with van der Waals surface area (Å²) in [5.41, 5.74) is 0.406. The fourth-order valence-electron chi connectivity index (χ4n) is 3.65. The third-order valence-corrected chi connectivity index (χ3v) is 4.99. The fraction of sp³-hybridized carbons (Fsp3) is 0.238. The van der Waals surface area contributed by atoms with Crippen molar-refractivity contribution in [2.24, 2.45) is 0 Å². The molecule has 2 atom stereocenters. The Morgan fingerprint density at radius 2 is 2.03 bits per heavy atom. The van der Waals surface area contributed by atoms with Crippen LogP contribution in [0.1, 0.15) is 33.8 Å². The van der Waals surface area contributed by atoms with Crippen molar-refractivity contribution in [3.05, 3.63) is 76.0 Å². The van der Waals surface area contributed by atoms with E-state index in [0.717, 1.165) is 11.8 Å².